The van der Waals surface area contributed by atoms with E-state index in [9.17, 15) is 19.2 Å². The molecule has 174 valence electrons. The number of aromatic nitrogens is 2. The normalized spacial score (nSPS) is 11.9. The third-order valence-corrected chi connectivity index (χ3v) is 6.10. The number of hydrogen-bond donors (Lipinski definition) is 1. The highest BCUT2D eigenvalue weighted by Gasteiger charge is 2.30. The van der Waals surface area contributed by atoms with E-state index >= 15 is 0 Å². The number of rotatable bonds is 10. The van der Waals surface area contributed by atoms with Gasteiger partial charge in [-0.25, -0.2) is 9.59 Å². The second kappa shape index (κ2) is 11.2. The van der Waals surface area contributed by atoms with Gasteiger partial charge in [0.05, 0.1) is 12.2 Å². The number of benzene rings is 2. The molecule has 0 fully saturated rings. The predicted molar refractivity (Wildman–Crippen MR) is 127 cm³/mol. The zero-order valence-corrected chi connectivity index (χ0v) is 19.9. The van der Waals surface area contributed by atoms with Gasteiger partial charge in [0, 0.05) is 24.1 Å². The molecule has 3 rings (SSSR count). The van der Waals surface area contributed by atoms with Gasteiger partial charge in [-0.3, -0.25) is 0 Å². The number of aromatic carboxylic acids is 1. The summed E-state index contributed by atoms with van der Waals surface area (Å²) in [5, 5.41) is 9.71. The van der Waals surface area contributed by atoms with Gasteiger partial charge in [-0.1, -0.05) is 55.8 Å². The fourth-order valence-electron chi connectivity index (χ4n) is 3.66. The third kappa shape index (κ3) is 5.64. The van der Waals surface area contributed by atoms with Crippen molar-refractivity contribution >= 4 is 23.1 Å². The van der Waals surface area contributed by atoms with Gasteiger partial charge in [0.2, 0.25) is 5.69 Å². The lowest BCUT2D eigenvalue weighted by atomic mass is 9.99. The molecule has 1 heterocycles. The molecule has 0 aliphatic carbocycles. The van der Waals surface area contributed by atoms with E-state index in [1.165, 1.54) is 6.26 Å². The summed E-state index contributed by atoms with van der Waals surface area (Å²) >= 11 is -1.44. The number of carboxylic acid groups (broad SMARTS) is 1. The number of esters is 1. The topological polar surface area (TPSA) is 104 Å². The highest BCUT2D eigenvalue weighted by molar-refractivity contribution is 7.90. The molecule has 1 unspecified atom stereocenters. The van der Waals surface area contributed by atoms with E-state index in [1.807, 2.05) is 24.3 Å². The Kier molecular flexibility index (Phi) is 8.30. The van der Waals surface area contributed by atoms with Gasteiger partial charge in [0.15, 0.2) is 0 Å². The van der Waals surface area contributed by atoms with Crippen LogP contribution < -0.4 is 0 Å². The number of imidazole rings is 1. The minimum atomic E-state index is -1.44. The second-order valence-electron chi connectivity index (χ2n) is 7.59. The summed E-state index contributed by atoms with van der Waals surface area (Å²) in [6.07, 6.45) is 4.02. The van der Waals surface area contributed by atoms with E-state index in [2.05, 4.69) is 11.9 Å². The van der Waals surface area contributed by atoms with Crippen molar-refractivity contribution in [1.82, 2.24) is 9.55 Å². The van der Waals surface area contributed by atoms with Gasteiger partial charge in [-0.05, 0) is 36.1 Å². The minimum absolute atomic E-state index is 0.210. The molecule has 3 aromatic rings. The number of carbonyl (C=O) groups excluding carboxylic acids is 1. The number of hydrogen-bond acceptors (Lipinski definition) is 5. The number of carbonyl (C=O) groups is 2. The van der Waals surface area contributed by atoms with E-state index < -0.39 is 23.1 Å². The molecule has 2 aromatic carbocycles. The van der Waals surface area contributed by atoms with Crippen molar-refractivity contribution in [3.63, 3.8) is 0 Å². The fraction of sp³-hybridized carbons (Fsp3) is 0.320. The summed E-state index contributed by atoms with van der Waals surface area (Å²) in [4.78, 5) is 28.8. The van der Waals surface area contributed by atoms with Gasteiger partial charge >= 0.3 is 11.9 Å². The number of ether oxygens (including phenoxy) is 1. The Morgan fingerprint density at radius 1 is 1.12 bits per heavy atom. The van der Waals surface area contributed by atoms with Crippen molar-refractivity contribution in [2.45, 2.75) is 44.7 Å². The molecule has 0 saturated heterocycles. The Bertz CT molecular complexity index is 1120. The number of unbranched alkanes of at least 4 members (excludes halogenated alkanes) is 1. The Hall–Kier alpha value is -3.10. The van der Waals surface area contributed by atoms with Gasteiger partial charge in [0.1, 0.15) is 12.1 Å². The lowest BCUT2D eigenvalue weighted by molar-refractivity contribution is 0.0508. The number of nitrogens with zero attached hydrogens (tertiary/aromatic N) is 2. The van der Waals surface area contributed by atoms with Crippen LogP contribution in [0.2, 0.25) is 0 Å². The van der Waals surface area contributed by atoms with Gasteiger partial charge in [-0.2, -0.15) is 4.98 Å². The van der Waals surface area contributed by atoms with Crippen LogP contribution in [0, 0.1) is 0 Å². The van der Waals surface area contributed by atoms with E-state index in [-0.39, 0.29) is 22.9 Å². The molecule has 1 atom stereocenters. The zero-order chi connectivity index (χ0) is 24.0. The SMILES string of the molecule is CCCCc1nc([S+](C)[O-])c(C(=O)OCC)n1Cc1ccc(-c2ccccc2C(=O)O)cc1. The minimum Gasteiger partial charge on any atom is -0.610 e. The smallest absolute Gasteiger partial charge is 0.362 e. The Morgan fingerprint density at radius 3 is 2.42 bits per heavy atom. The third-order valence-electron chi connectivity index (χ3n) is 5.27. The average Bonchev–Trinajstić information content (AvgIpc) is 3.16. The van der Waals surface area contributed by atoms with Crippen LogP contribution in [0.3, 0.4) is 0 Å². The van der Waals surface area contributed by atoms with E-state index in [0.29, 0.717) is 24.4 Å². The first-order valence-electron chi connectivity index (χ1n) is 10.9. The Balaban J connectivity index is 2.00. The average molecular weight is 469 g/mol. The summed E-state index contributed by atoms with van der Waals surface area (Å²) in [7, 11) is 0. The monoisotopic (exact) mass is 468 g/mol. The standard InChI is InChI=1S/C25H28N2O5S/c1-4-6-11-21-26-23(33(3)31)22(25(30)32-5-2)27(21)16-17-12-14-18(15-13-17)19-9-7-8-10-20(19)24(28)29/h7-10,12-15H,4-6,11,16H2,1-3H3,(H,28,29). The van der Waals surface area contributed by atoms with Gasteiger partial charge in [-0.15, -0.1) is 0 Å². The molecular formula is C25H28N2O5S. The van der Waals surface area contributed by atoms with Crippen molar-refractivity contribution in [1.29, 1.82) is 0 Å². The van der Waals surface area contributed by atoms with Crippen LogP contribution in [0.15, 0.2) is 53.6 Å². The molecule has 33 heavy (non-hydrogen) atoms. The maximum Gasteiger partial charge on any atom is 0.362 e. The van der Waals surface area contributed by atoms with Crippen molar-refractivity contribution in [2.75, 3.05) is 12.9 Å². The second-order valence-corrected chi connectivity index (χ2v) is 8.89. The largest absolute Gasteiger partial charge is 0.610 e. The van der Waals surface area contributed by atoms with E-state index in [4.69, 9.17) is 4.74 Å². The van der Waals surface area contributed by atoms with Crippen LogP contribution >= 0.6 is 0 Å². The Morgan fingerprint density at radius 2 is 1.82 bits per heavy atom. The molecule has 0 aliphatic heterocycles. The maximum atomic E-state index is 12.7. The molecule has 0 saturated carbocycles. The summed E-state index contributed by atoms with van der Waals surface area (Å²) in [5.74, 6) is -0.816. The molecule has 0 amide bonds. The van der Waals surface area contributed by atoms with Crippen molar-refractivity contribution < 1.29 is 24.0 Å². The lowest BCUT2D eigenvalue weighted by Gasteiger charge is -2.13. The molecule has 1 N–H and O–H groups in total. The first-order chi connectivity index (χ1) is 15.9. The van der Waals surface area contributed by atoms with Crippen LogP contribution in [0.1, 0.15) is 58.9 Å². The maximum absolute atomic E-state index is 12.7. The van der Waals surface area contributed by atoms with Crippen molar-refractivity contribution in [2.24, 2.45) is 0 Å². The fourth-order valence-corrected chi connectivity index (χ4v) is 4.36. The molecule has 0 spiro atoms. The molecule has 1 aromatic heterocycles. The van der Waals surface area contributed by atoms with Crippen LogP contribution in [0.25, 0.3) is 11.1 Å². The molecular weight excluding hydrogens is 440 g/mol. The number of aryl methyl sites for hydroxylation is 1. The lowest BCUT2D eigenvalue weighted by Crippen LogP contribution is -2.17. The number of carboxylic acids is 1. The molecule has 0 bridgehead atoms. The highest BCUT2D eigenvalue weighted by Crippen LogP contribution is 2.26. The summed E-state index contributed by atoms with van der Waals surface area (Å²) in [6, 6.07) is 14.4. The van der Waals surface area contributed by atoms with E-state index in [0.717, 1.165) is 24.0 Å². The van der Waals surface area contributed by atoms with Crippen molar-refractivity contribution in [3.05, 3.63) is 71.2 Å². The van der Waals surface area contributed by atoms with Crippen LogP contribution in [0.5, 0.6) is 0 Å². The van der Waals surface area contributed by atoms with Gasteiger partial charge in [0.25, 0.3) is 5.03 Å². The highest BCUT2D eigenvalue weighted by atomic mass is 32.2. The van der Waals surface area contributed by atoms with Gasteiger partial charge < -0.3 is 19.0 Å². The Labute approximate surface area is 196 Å². The predicted octanol–water partition coefficient (Wildman–Crippen LogP) is 4.55. The van der Waals surface area contributed by atoms with Crippen molar-refractivity contribution in [3.8, 4) is 11.1 Å². The first kappa shape index (κ1) is 24.5. The quantitative estimate of drug-likeness (QED) is 0.346. The van der Waals surface area contributed by atoms with E-state index in [1.54, 1.807) is 35.8 Å². The summed E-state index contributed by atoms with van der Waals surface area (Å²) < 4.78 is 19.4. The molecule has 0 radical (unpaired) electrons. The van der Waals surface area contributed by atoms with Crippen LogP contribution in [0.4, 0.5) is 0 Å². The van der Waals surface area contributed by atoms with Crippen LogP contribution in [-0.2, 0) is 28.9 Å². The van der Waals surface area contributed by atoms with Crippen LogP contribution in [-0.4, -0.2) is 44.0 Å². The molecule has 8 heteroatoms. The summed E-state index contributed by atoms with van der Waals surface area (Å²) in [6.45, 7) is 4.37. The summed E-state index contributed by atoms with van der Waals surface area (Å²) in [5.41, 5.74) is 2.79. The first-order valence-corrected chi connectivity index (χ1v) is 12.4. The zero-order valence-electron chi connectivity index (χ0n) is 19.0. The molecule has 7 nitrogen and oxygen atoms in total. The molecule has 0 aliphatic rings.